The summed E-state index contributed by atoms with van der Waals surface area (Å²) in [7, 11) is 0. The van der Waals surface area contributed by atoms with Crippen LogP contribution in [-0.2, 0) is 24.9 Å². The zero-order valence-corrected chi connectivity index (χ0v) is 27.5. The van der Waals surface area contributed by atoms with E-state index in [1.807, 2.05) is 66.7 Å². The fourth-order valence-corrected chi connectivity index (χ4v) is 4.70. The van der Waals surface area contributed by atoms with E-state index in [9.17, 15) is 9.90 Å². The summed E-state index contributed by atoms with van der Waals surface area (Å²) in [4.78, 5) is 21.1. The van der Waals surface area contributed by atoms with Crippen molar-refractivity contribution in [1.29, 1.82) is 5.26 Å². The van der Waals surface area contributed by atoms with Crippen molar-refractivity contribution < 1.29 is 30.0 Å². The van der Waals surface area contributed by atoms with E-state index in [0.29, 0.717) is 5.56 Å². The zero-order chi connectivity index (χ0) is 29.1. The fraction of sp³-hybridized carbons (Fsp3) is 0.412. The van der Waals surface area contributed by atoms with Gasteiger partial charge < -0.3 is 10.1 Å². The number of nitrogens with zero attached hydrogens (tertiary/aromatic N) is 3. The molecule has 0 aliphatic heterocycles. The second kappa shape index (κ2) is 16.9. The van der Waals surface area contributed by atoms with E-state index in [1.165, 1.54) is 11.6 Å². The van der Waals surface area contributed by atoms with E-state index in [-0.39, 0.29) is 43.5 Å². The molecule has 1 N–H and O–H groups in total. The molecule has 40 heavy (non-hydrogen) atoms. The maximum Gasteiger partial charge on any atom is 0.162 e. The number of ketones is 1. The van der Waals surface area contributed by atoms with E-state index in [4.69, 9.17) is 10.2 Å². The van der Waals surface area contributed by atoms with E-state index in [0.717, 1.165) is 65.0 Å². The van der Waals surface area contributed by atoms with Gasteiger partial charge >= 0.3 is 0 Å². The Morgan fingerprint density at radius 3 is 2.12 bits per heavy atom. The molecule has 0 bridgehead atoms. The standard InChI is InChI=1S/C21H18N3.C13H24O2.Ir/c1-13-7-14(2)9-18(8-13)21-16(4)24-20(12-23-21)19-6-5-17(11-22)10-15(19)3;1-5-10(6-2)12(14)9-13(15)11(7-3)8-4;/h5-8,10,12H,1-4H3;9-11,14H,5-8H2,1-4H3;/q-1;;/b;12-9-;. The van der Waals surface area contributed by atoms with Crippen LogP contribution in [-0.4, -0.2) is 20.9 Å². The van der Waals surface area contributed by atoms with Crippen LogP contribution in [0.25, 0.3) is 22.5 Å². The van der Waals surface area contributed by atoms with Crippen molar-refractivity contribution >= 4 is 5.78 Å². The zero-order valence-electron chi connectivity index (χ0n) is 25.1. The van der Waals surface area contributed by atoms with Gasteiger partial charge in [0.25, 0.3) is 0 Å². The van der Waals surface area contributed by atoms with Crippen LogP contribution in [0.15, 0.2) is 48.4 Å². The molecule has 6 heteroatoms. The van der Waals surface area contributed by atoms with Crippen LogP contribution < -0.4 is 0 Å². The number of aliphatic hydroxyl groups excluding tert-OH is 1. The Labute approximate surface area is 254 Å². The first-order chi connectivity index (χ1) is 18.6. The third-order valence-corrected chi connectivity index (χ3v) is 7.06. The largest absolute Gasteiger partial charge is 0.512 e. The second-order valence-corrected chi connectivity index (χ2v) is 10.1. The SMILES string of the molecule is CCC(CC)C(=O)/C=C(\O)C(CC)CC.Cc1[c-]c(-c2ncc(-c3ccc(C#N)cc3C)nc2C)cc(C)c1.[Ir]. The first-order valence-electron chi connectivity index (χ1n) is 13.9. The topological polar surface area (TPSA) is 86.9 Å². The summed E-state index contributed by atoms with van der Waals surface area (Å²) in [5.74, 6) is 0.547. The molecule has 0 aliphatic carbocycles. The van der Waals surface area contributed by atoms with E-state index >= 15 is 0 Å². The van der Waals surface area contributed by atoms with Crippen molar-refractivity contribution in [3.05, 3.63) is 82.4 Å². The molecular weight excluding hydrogens is 675 g/mol. The Balaban J connectivity index is 0.000000437. The predicted octanol–water partition coefficient (Wildman–Crippen LogP) is 8.58. The Morgan fingerprint density at radius 1 is 1.00 bits per heavy atom. The molecule has 0 amide bonds. The van der Waals surface area contributed by atoms with Crippen LogP contribution in [0.1, 0.15) is 81.3 Å². The number of hydrogen-bond donors (Lipinski definition) is 1. The van der Waals surface area contributed by atoms with Gasteiger partial charge in [0.1, 0.15) is 0 Å². The van der Waals surface area contributed by atoms with Crippen molar-refractivity contribution in [1.82, 2.24) is 9.97 Å². The molecule has 3 aromatic rings. The molecule has 3 rings (SSSR count). The third kappa shape index (κ3) is 9.51. The molecule has 0 spiro atoms. The van der Waals surface area contributed by atoms with Crippen molar-refractivity contribution in [3.8, 4) is 28.6 Å². The van der Waals surface area contributed by atoms with Gasteiger partial charge in [0, 0.05) is 61.2 Å². The van der Waals surface area contributed by atoms with Crippen molar-refractivity contribution in [2.45, 2.75) is 81.1 Å². The molecule has 0 aliphatic rings. The second-order valence-electron chi connectivity index (χ2n) is 10.1. The molecule has 5 nitrogen and oxygen atoms in total. The summed E-state index contributed by atoms with van der Waals surface area (Å²) >= 11 is 0. The Hall–Kier alpha value is -3.13. The van der Waals surface area contributed by atoms with Gasteiger partial charge in [-0.15, -0.1) is 34.9 Å². The molecule has 1 aromatic heterocycles. The number of hydrogen-bond acceptors (Lipinski definition) is 5. The van der Waals surface area contributed by atoms with Crippen LogP contribution in [0.2, 0.25) is 0 Å². The van der Waals surface area contributed by atoms with Crippen LogP contribution >= 0.6 is 0 Å². The maximum absolute atomic E-state index is 11.7. The summed E-state index contributed by atoms with van der Waals surface area (Å²) in [5.41, 5.74) is 8.49. The fourth-order valence-electron chi connectivity index (χ4n) is 4.70. The van der Waals surface area contributed by atoms with Gasteiger partial charge in [-0.3, -0.25) is 9.78 Å². The summed E-state index contributed by atoms with van der Waals surface area (Å²) in [6.45, 7) is 16.1. The molecule has 0 saturated carbocycles. The average Bonchev–Trinajstić information content (AvgIpc) is 2.89. The summed E-state index contributed by atoms with van der Waals surface area (Å²) in [5, 5.41) is 18.8. The number of allylic oxidation sites excluding steroid dienone is 2. The monoisotopic (exact) mass is 717 g/mol. The minimum Gasteiger partial charge on any atom is -0.512 e. The quantitative estimate of drug-likeness (QED) is 0.136. The predicted molar refractivity (Wildman–Crippen MR) is 159 cm³/mol. The first-order valence-corrected chi connectivity index (χ1v) is 13.9. The van der Waals surface area contributed by atoms with E-state index in [2.05, 4.69) is 36.2 Å². The van der Waals surface area contributed by atoms with Crippen LogP contribution in [0.4, 0.5) is 0 Å². The molecule has 1 radical (unpaired) electrons. The van der Waals surface area contributed by atoms with Gasteiger partial charge in [-0.25, -0.2) is 0 Å². The van der Waals surface area contributed by atoms with Gasteiger partial charge in [-0.1, -0.05) is 47.6 Å². The van der Waals surface area contributed by atoms with Gasteiger partial charge in [0.15, 0.2) is 5.78 Å². The summed E-state index contributed by atoms with van der Waals surface area (Å²) < 4.78 is 0. The van der Waals surface area contributed by atoms with Crippen molar-refractivity contribution in [2.24, 2.45) is 11.8 Å². The van der Waals surface area contributed by atoms with E-state index in [1.54, 1.807) is 6.20 Å². The number of aryl methyl sites for hydroxylation is 4. The molecule has 1 heterocycles. The number of benzene rings is 2. The average molecular weight is 717 g/mol. The number of carbonyl (C=O) groups excluding carboxylic acids is 1. The number of carbonyl (C=O) groups is 1. The number of nitriles is 1. The molecule has 0 unspecified atom stereocenters. The minimum absolute atomic E-state index is 0. The Kier molecular flexibility index (Phi) is 14.7. The maximum atomic E-state index is 11.7. The first kappa shape index (κ1) is 34.9. The van der Waals surface area contributed by atoms with Gasteiger partial charge in [-0.2, -0.15) is 5.26 Å². The van der Waals surface area contributed by atoms with Gasteiger partial charge in [0.2, 0.25) is 0 Å². The molecule has 2 aromatic carbocycles. The van der Waals surface area contributed by atoms with Gasteiger partial charge in [-0.05, 0) is 57.2 Å². The Bertz CT molecular complexity index is 1330. The molecule has 215 valence electrons. The van der Waals surface area contributed by atoms with Crippen LogP contribution in [0.3, 0.4) is 0 Å². The molecular formula is C34H42IrN3O2-. The van der Waals surface area contributed by atoms with E-state index < -0.39 is 0 Å². The number of rotatable bonds is 9. The van der Waals surface area contributed by atoms with Crippen molar-refractivity contribution in [3.63, 3.8) is 0 Å². The number of aromatic nitrogens is 2. The Morgan fingerprint density at radius 2 is 1.62 bits per heavy atom. The molecule has 0 fully saturated rings. The summed E-state index contributed by atoms with van der Waals surface area (Å²) in [6, 6.07) is 15.3. The number of aliphatic hydroxyl groups is 1. The molecule has 0 atom stereocenters. The van der Waals surface area contributed by atoms with Gasteiger partial charge in [0.05, 0.1) is 23.1 Å². The third-order valence-electron chi connectivity index (χ3n) is 7.06. The smallest absolute Gasteiger partial charge is 0.162 e. The minimum atomic E-state index is 0. The summed E-state index contributed by atoms with van der Waals surface area (Å²) in [6.07, 6.45) is 6.70. The van der Waals surface area contributed by atoms with Crippen molar-refractivity contribution in [2.75, 3.05) is 0 Å². The van der Waals surface area contributed by atoms with Crippen LogP contribution in [0, 0.1) is 56.9 Å². The normalized spacial score (nSPS) is 11.0. The van der Waals surface area contributed by atoms with Crippen LogP contribution in [0.5, 0.6) is 0 Å². The molecule has 0 saturated heterocycles.